The Bertz CT molecular complexity index is 1190. The lowest BCUT2D eigenvalue weighted by atomic mass is 10.1. The first-order valence-electron chi connectivity index (χ1n) is 9.16. The third-order valence-corrected chi connectivity index (χ3v) is 5.51. The maximum Gasteiger partial charge on any atom is 0.314 e. The summed E-state index contributed by atoms with van der Waals surface area (Å²) in [6.45, 7) is 1.70. The molecule has 2 aromatic carbocycles. The zero-order valence-corrected chi connectivity index (χ0v) is 17.3. The SMILES string of the molecule is CC(O)CCOc1c(-c2ccc(S(C)(=O)=O)cc2)cnn(-c2ccc(F)cc2)c1=O. The fourth-order valence-electron chi connectivity index (χ4n) is 2.76. The zero-order chi connectivity index (χ0) is 21.9. The predicted octanol–water partition coefficient (Wildman–Crippen LogP) is 2.59. The van der Waals surface area contributed by atoms with E-state index >= 15 is 0 Å². The Balaban J connectivity index is 2.08. The largest absolute Gasteiger partial charge is 0.487 e. The van der Waals surface area contributed by atoms with Crippen LogP contribution in [0.1, 0.15) is 13.3 Å². The third-order valence-electron chi connectivity index (χ3n) is 4.38. The number of hydrogen-bond acceptors (Lipinski definition) is 6. The minimum atomic E-state index is -3.36. The molecule has 7 nitrogen and oxygen atoms in total. The monoisotopic (exact) mass is 432 g/mol. The van der Waals surface area contributed by atoms with Crippen molar-refractivity contribution in [3.8, 4) is 22.6 Å². The summed E-state index contributed by atoms with van der Waals surface area (Å²) in [4.78, 5) is 13.2. The van der Waals surface area contributed by atoms with Gasteiger partial charge in [0.1, 0.15) is 5.82 Å². The lowest BCUT2D eigenvalue weighted by Gasteiger charge is -2.14. The van der Waals surface area contributed by atoms with E-state index in [0.29, 0.717) is 23.2 Å². The summed E-state index contributed by atoms with van der Waals surface area (Å²) in [6.07, 6.45) is 2.24. The molecule has 1 heterocycles. The van der Waals surface area contributed by atoms with Gasteiger partial charge in [-0.15, -0.1) is 0 Å². The number of sulfone groups is 1. The van der Waals surface area contributed by atoms with Crippen LogP contribution in [0.2, 0.25) is 0 Å². The van der Waals surface area contributed by atoms with Gasteiger partial charge in [0, 0.05) is 18.2 Å². The summed E-state index contributed by atoms with van der Waals surface area (Å²) < 4.78 is 43.4. The number of hydrogen-bond donors (Lipinski definition) is 1. The Morgan fingerprint density at radius 2 is 1.77 bits per heavy atom. The fourth-order valence-corrected chi connectivity index (χ4v) is 3.39. The molecule has 1 atom stereocenters. The van der Waals surface area contributed by atoms with Gasteiger partial charge in [-0.2, -0.15) is 9.78 Å². The molecule has 158 valence electrons. The fraction of sp³-hybridized carbons (Fsp3) is 0.238. The van der Waals surface area contributed by atoms with Gasteiger partial charge in [0.25, 0.3) is 0 Å². The van der Waals surface area contributed by atoms with E-state index in [-0.39, 0.29) is 17.3 Å². The number of rotatable bonds is 7. The highest BCUT2D eigenvalue weighted by Gasteiger charge is 2.17. The Kier molecular flexibility index (Phi) is 6.33. The average molecular weight is 432 g/mol. The highest BCUT2D eigenvalue weighted by molar-refractivity contribution is 7.90. The van der Waals surface area contributed by atoms with Gasteiger partial charge in [0.05, 0.1) is 29.5 Å². The molecule has 0 saturated heterocycles. The number of aromatic nitrogens is 2. The Hall–Kier alpha value is -3.04. The van der Waals surface area contributed by atoms with Crippen LogP contribution >= 0.6 is 0 Å². The maximum atomic E-state index is 13.2. The second-order valence-electron chi connectivity index (χ2n) is 6.86. The van der Waals surface area contributed by atoms with E-state index in [1.807, 2.05) is 0 Å². The summed E-state index contributed by atoms with van der Waals surface area (Å²) in [5, 5.41) is 13.6. The number of benzene rings is 2. The van der Waals surface area contributed by atoms with Crippen molar-refractivity contribution in [1.29, 1.82) is 0 Å². The molecule has 1 unspecified atom stereocenters. The molecule has 0 aliphatic rings. The van der Waals surface area contributed by atoms with Crippen molar-refractivity contribution in [2.75, 3.05) is 12.9 Å². The van der Waals surface area contributed by atoms with Crippen molar-refractivity contribution < 1.29 is 22.7 Å². The lowest BCUT2D eigenvalue weighted by Crippen LogP contribution is -2.24. The van der Waals surface area contributed by atoms with Crippen LogP contribution in [0.3, 0.4) is 0 Å². The molecule has 0 fully saturated rings. The van der Waals surface area contributed by atoms with Gasteiger partial charge in [-0.25, -0.2) is 12.8 Å². The highest BCUT2D eigenvalue weighted by atomic mass is 32.2. The Morgan fingerprint density at radius 1 is 1.13 bits per heavy atom. The van der Waals surface area contributed by atoms with Crippen molar-refractivity contribution in [2.45, 2.75) is 24.3 Å². The van der Waals surface area contributed by atoms with Crippen LogP contribution in [-0.2, 0) is 9.84 Å². The van der Waals surface area contributed by atoms with Crippen LogP contribution in [-0.4, -0.2) is 42.3 Å². The van der Waals surface area contributed by atoms with Gasteiger partial charge in [-0.3, -0.25) is 4.79 Å². The first-order chi connectivity index (χ1) is 14.2. The van der Waals surface area contributed by atoms with Crippen molar-refractivity contribution in [1.82, 2.24) is 9.78 Å². The van der Waals surface area contributed by atoms with Gasteiger partial charge < -0.3 is 9.84 Å². The van der Waals surface area contributed by atoms with E-state index in [1.54, 1.807) is 19.1 Å². The molecule has 1 aromatic heterocycles. The first-order valence-corrected chi connectivity index (χ1v) is 11.1. The Labute approximate surface area is 173 Å². The van der Waals surface area contributed by atoms with Crippen LogP contribution in [0.15, 0.2) is 64.4 Å². The highest BCUT2D eigenvalue weighted by Crippen LogP contribution is 2.28. The molecule has 0 aliphatic carbocycles. The van der Waals surface area contributed by atoms with Gasteiger partial charge in [0.2, 0.25) is 0 Å². The topological polar surface area (TPSA) is 98.5 Å². The van der Waals surface area contributed by atoms with E-state index in [2.05, 4.69) is 5.10 Å². The summed E-state index contributed by atoms with van der Waals surface area (Å²) in [6, 6.07) is 11.3. The summed E-state index contributed by atoms with van der Waals surface area (Å²) in [7, 11) is -3.36. The van der Waals surface area contributed by atoms with Crippen LogP contribution in [0.5, 0.6) is 5.75 Å². The molecule has 1 N–H and O–H groups in total. The molecule has 0 bridgehead atoms. The van der Waals surface area contributed by atoms with Crippen LogP contribution < -0.4 is 10.3 Å². The van der Waals surface area contributed by atoms with E-state index in [1.165, 1.54) is 42.6 Å². The van der Waals surface area contributed by atoms with Crippen LogP contribution in [0, 0.1) is 5.82 Å². The standard InChI is InChI=1S/C21H21FN2O5S/c1-14(25)11-12-29-20-19(15-3-9-18(10-4-15)30(2,27)28)13-23-24(21(20)26)17-7-5-16(22)6-8-17/h3-10,13-14,25H,11-12H2,1-2H3. The molecule has 30 heavy (non-hydrogen) atoms. The van der Waals surface area contributed by atoms with Gasteiger partial charge in [-0.1, -0.05) is 12.1 Å². The number of halogens is 1. The zero-order valence-electron chi connectivity index (χ0n) is 16.4. The summed E-state index contributed by atoms with van der Waals surface area (Å²) in [5.41, 5.74) is 0.729. The minimum absolute atomic E-state index is 0.00193. The quantitative estimate of drug-likeness (QED) is 0.616. The average Bonchev–Trinajstić information content (AvgIpc) is 2.69. The van der Waals surface area contributed by atoms with E-state index < -0.39 is 27.3 Å². The molecule has 0 spiro atoms. The number of ether oxygens (including phenoxy) is 1. The van der Waals surface area contributed by atoms with Gasteiger partial charge in [0.15, 0.2) is 15.6 Å². The first kappa shape index (κ1) is 21.7. The second-order valence-corrected chi connectivity index (χ2v) is 8.88. The molecule has 9 heteroatoms. The molecule has 3 rings (SSSR count). The molecule has 3 aromatic rings. The van der Waals surface area contributed by atoms with Crippen molar-refractivity contribution in [2.24, 2.45) is 0 Å². The molecule has 0 saturated carbocycles. The summed E-state index contributed by atoms with van der Waals surface area (Å²) in [5.74, 6) is -0.440. The predicted molar refractivity (Wildman–Crippen MR) is 110 cm³/mol. The lowest BCUT2D eigenvalue weighted by molar-refractivity contribution is 0.155. The van der Waals surface area contributed by atoms with Crippen LogP contribution in [0.4, 0.5) is 4.39 Å². The van der Waals surface area contributed by atoms with E-state index in [4.69, 9.17) is 4.74 Å². The second kappa shape index (κ2) is 8.76. The molecule has 0 aliphatic heterocycles. The van der Waals surface area contributed by atoms with Gasteiger partial charge in [-0.05, 0) is 48.9 Å². The maximum absolute atomic E-state index is 13.2. The van der Waals surface area contributed by atoms with Gasteiger partial charge >= 0.3 is 5.56 Å². The number of aliphatic hydroxyl groups excluding tert-OH is 1. The normalized spacial score (nSPS) is 12.5. The van der Waals surface area contributed by atoms with Crippen molar-refractivity contribution in [3.63, 3.8) is 0 Å². The van der Waals surface area contributed by atoms with Crippen molar-refractivity contribution >= 4 is 9.84 Å². The molecule has 0 amide bonds. The van der Waals surface area contributed by atoms with Crippen LogP contribution in [0.25, 0.3) is 16.8 Å². The van der Waals surface area contributed by atoms with E-state index in [9.17, 15) is 22.7 Å². The number of nitrogens with zero attached hydrogens (tertiary/aromatic N) is 2. The third kappa shape index (κ3) is 4.92. The summed E-state index contributed by atoms with van der Waals surface area (Å²) >= 11 is 0. The van der Waals surface area contributed by atoms with Crippen molar-refractivity contribution in [3.05, 3.63) is 70.9 Å². The molecular formula is C21H21FN2O5S. The number of aliphatic hydroxyl groups is 1. The van der Waals surface area contributed by atoms with E-state index in [0.717, 1.165) is 10.9 Å². The molecular weight excluding hydrogens is 411 g/mol. The smallest absolute Gasteiger partial charge is 0.314 e. The minimum Gasteiger partial charge on any atom is -0.487 e. The molecule has 0 radical (unpaired) electrons. The Morgan fingerprint density at radius 3 is 2.33 bits per heavy atom.